The third kappa shape index (κ3) is 3.79. The molecule has 0 aromatic carbocycles. The lowest BCUT2D eigenvalue weighted by Crippen LogP contribution is -2.40. The molecule has 3 heteroatoms. The molecule has 0 atom stereocenters. The number of hydrogen-bond donors (Lipinski definition) is 0. The molecule has 0 N–H and O–H groups in total. The maximum Gasteiger partial charge on any atom is 0.192 e. The highest BCUT2D eigenvalue weighted by Crippen LogP contribution is 2.36. The summed E-state index contributed by atoms with van der Waals surface area (Å²) in [5.41, 5.74) is 2.03. The molecule has 0 radical (unpaired) electrons. The Labute approximate surface area is 106 Å². The first-order chi connectivity index (χ1) is 7.76. The quantitative estimate of drug-likeness (QED) is 0.744. The Morgan fingerprint density at radius 3 is 2.41 bits per heavy atom. The summed E-state index contributed by atoms with van der Waals surface area (Å²) in [4.78, 5) is 4.28. The van der Waals surface area contributed by atoms with Gasteiger partial charge in [0.2, 0.25) is 0 Å². The lowest BCUT2D eigenvalue weighted by molar-refractivity contribution is 0.276. The van der Waals surface area contributed by atoms with Crippen LogP contribution in [-0.2, 0) is 11.0 Å². The van der Waals surface area contributed by atoms with Crippen LogP contribution in [-0.4, -0.2) is 13.3 Å². The molecule has 1 rings (SSSR count). The van der Waals surface area contributed by atoms with Gasteiger partial charge in [-0.1, -0.05) is 33.4 Å². The zero-order valence-electron chi connectivity index (χ0n) is 11.6. The molecule has 0 saturated heterocycles. The average Bonchev–Trinajstić information content (AvgIpc) is 2.25. The van der Waals surface area contributed by atoms with Gasteiger partial charge in [0.1, 0.15) is 0 Å². The molecule has 0 bridgehead atoms. The van der Waals surface area contributed by atoms with Gasteiger partial charge in [-0.15, -0.1) is 0 Å². The van der Waals surface area contributed by atoms with Crippen molar-refractivity contribution in [3.05, 3.63) is 36.2 Å². The van der Waals surface area contributed by atoms with E-state index in [0.717, 1.165) is 11.3 Å². The first-order valence-corrected chi connectivity index (χ1v) is 8.88. The molecule has 94 valence electrons. The highest BCUT2D eigenvalue weighted by atomic mass is 28.4. The van der Waals surface area contributed by atoms with E-state index in [1.54, 1.807) is 6.08 Å². The first-order valence-electron chi connectivity index (χ1n) is 5.97. The second-order valence-corrected chi connectivity index (χ2v) is 10.7. The van der Waals surface area contributed by atoms with Gasteiger partial charge in [-0.2, -0.15) is 0 Å². The number of hydrogen-bond acceptors (Lipinski definition) is 2. The molecular formula is C14H23NOSi. The monoisotopic (exact) mass is 249 g/mol. The van der Waals surface area contributed by atoms with Gasteiger partial charge in [-0.25, -0.2) is 0 Å². The molecule has 0 unspecified atom stereocenters. The summed E-state index contributed by atoms with van der Waals surface area (Å²) < 4.78 is 6.13. The molecule has 0 aliphatic rings. The fraction of sp³-hybridized carbons (Fsp3) is 0.500. The van der Waals surface area contributed by atoms with Crippen LogP contribution < -0.4 is 0 Å². The lowest BCUT2D eigenvalue weighted by atomic mass is 10.2. The highest BCUT2D eigenvalue weighted by Gasteiger charge is 2.36. The van der Waals surface area contributed by atoms with Crippen LogP contribution in [0.25, 0.3) is 6.08 Å². The topological polar surface area (TPSA) is 22.1 Å². The van der Waals surface area contributed by atoms with Crippen LogP contribution >= 0.6 is 0 Å². The van der Waals surface area contributed by atoms with Crippen molar-refractivity contribution in [1.29, 1.82) is 0 Å². The Bertz CT molecular complexity index is 376. The summed E-state index contributed by atoms with van der Waals surface area (Å²) in [6, 6.07) is 4.02. The Balaban J connectivity index is 2.64. The van der Waals surface area contributed by atoms with Crippen LogP contribution in [0.15, 0.2) is 24.9 Å². The van der Waals surface area contributed by atoms with Gasteiger partial charge >= 0.3 is 0 Å². The lowest BCUT2D eigenvalue weighted by Gasteiger charge is -2.36. The van der Waals surface area contributed by atoms with E-state index in [0.29, 0.717) is 6.61 Å². The minimum absolute atomic E-state index is 0.251. The number of pyridine rings is 1. The zero-order chi connectivity index (χ0) is 13.1. The van der Waals surface area contributed by atoms with Crippen LogP contribution in [0.3, 0.4) is 0 Å². The van der Waals surface area contributed by atoms with E-state index in [1.807, 2.05) is 12.3 Å². The summed E-state index contributed by atoms with van der Waals surface area (Å²) in [6.45, 7) is 15.6. The Morgan fingerprint density at radius 2 is 2.00 bits per heavy atom. The Morgan fingerprint density at radius 1 is 1.35 bits per heavy atom. The van der Waals surface area contributed by atoms with Crippen molar-refractivity contribution in [2.45, 2.75) is 45.5 Å². The molecule has 0 saturated carbocycles. The predicted molar refractivity (Wildman–Crippen MR) is 76.3 cm³/mol. The van der Waals surface area contributed by atoms with Gasteiger partial charge in [0.25, 0.3) is 0 Å². The molecule has 0 fully saturated rings. The fourth-order valence-electron chi connectivity index (χ4n) is 1.12. The third-order valence-corrected chi connectivity index (χ3v) is 7.94. The summed E-state index contributed by atoms with van der Waals surface area (Å²) in [5.74, 6) is 0. The minimum atomic E-state index is -1.66. The molecule has 0 aliphatic heterocycles. The fourth-order valence-corrected chi connectivity index (χ4v) is 2.08. The Hall–Kier alpha value is -0.933. The predicted octanol–water partition coefficient (Wildman–Crippen LogP) is 4.25. The normalized spacial score (nSPS) is 12.5. The van der Waals surface area contributed by atoms with E-state index in [1.165, 1.54) is 0 Å². The maximum atomic E-state index is 6.13. The zero-order valence-corrected chi connectivity index (χ0v) is 12.6. The van der Waals surface area contributed by atoms with Gasteiger partial charge in [-0.05, 0) is 35.8 Å². The van der Waals surface area contributed by atoms with Crippen molar-refractivity contribution in [2.75, 3.05) is 0 Å². The first kappa shape index (κ1) is 14.1. The molecule has 17 heavy (non-hydrogen) atoms. The molecule has 0 spiro atoms. The third-order valence-electron chi connectivity index (χ3n) is 3.46. The minimum Gasteiger partial charge on any atom is -0.413 e. The number of nitrogens with zero attached hydrogens (tertiary/aromatic N) is 1. The second-order valence-electron chi connectivity index (χ2n) is 5.84. The van der Waals surface area contributed by atoms with Crippen LogP contribution in [0.5, 0.6) is 0 Å². The van der Waals surface area contributed by atoms with Crippen molar-refractivity contribution in [1.82, 2.24) is 4.98 Å². The van der Waals surface area contributed by atoms with Gasteiger partial charge in [0.15, 0.2) is 8.32 Å². The van der Waals surface area contributed by atoms with Crippen LogP contribution in [0.4, 0.5) is 0 Å². The number of aromatic nitrogens is 1. The van der Waals surface area contributed by atoms with Crippen molar-refractivity contribution in [3.63, 3.8) is 0 Å². The van der Waals surface area contributed by atoms with Crippen LogP contribution in [0.1, 0.15) is 32.0 Å². The molecule has 1 aromatic rings. The van der Waals surface area contributed by atoms with Crippen molar-refractivity contribution >= 4 is 14.4 Å². The molecule has 0 amide bonds. The molecule has 2 nitrogen and oxygen atoms in total. The average molecular weight is 249 g/mol. The molecular weight excluding hydrogens is 226 g/mol. The van der Waals surface area contributed by atoms with Crippen LogP contribution in [0.2, 0.25) is 18.1 Å². The Kier molecular flexibility index (Phi) is 4.28. The molecule has 1 heterocycles. The van der Waals surface area contributed by atoms with Crippen molar-refractivity contribution in [3.8, 4) is 0 Å². The maximum absolute atomic E-state index is 6.13. The molecule has 1 aromatic heterocycles. The summed E-state index contributed by atoms with van der Waals surface area (Å²) in [5, 5.41) is 0.251. The van der Waals surface area contributed by atoms with Crippen LogP contribution in [0, 0.1) is 0 Å². The summed E-state index contributed by atoms with van der Waals surface area (Å²) >= 11 is 0. The van der Waals surface area contributed by atoms with E-state index < -0.39 is 8.32 Å². The van der Waals surface area contributed by atoms with E-state index in [9.17, 15) is 0 Å². The van der Waals surface area contributed by atoms with Gasteiger partial charge in [0, 0.05) is 6.20 Å². The molecule has 0 aliphatic carbocycles. The SMILES string of the molecule is C=Cc1ccc(CO[Si](C)(C)C(C)(C)C)cn1. The smallest absolute Gasteiger partial charge is 0.192 e. The van der Waals surface area contributed by atoms with E-state index in [-0.39, 0.29) is 5.04 Å². The number of rotatable bonds is 4. The van der Waals surface area contributed by atoms with E-state index in [4.69, 9.17) is 4.43 Å². The summed E-state index contributed by atoms with van der Waals surface area (Å²) in [6.07, 6.45) is 3.61. The van der Waals surface area contributed by atoms with Gasteiger partial charge in [-0.3, -0.25) is 4.98 Å². The second kappa shape index (κ2) is 5.15. The van der Waals surface area contributed by atoms with Crippen molar-refractivity contribution < 1.29 is 4.43 Å². The van der Waals surface area contributed by atoms with E-state index >= 15 is 0 Å². The largest absolute Gasteiger partial charge is 0.413 e. The summed E-state index contributed by atoms with van der Waals surface area (Å²) in [7, 11) is -1.66. The highest BCUT2D eigenvalue weighted by molar-refractivity contribution is 6.74. The standard InChI is InChI=1S/C14H23NOSi/c1-7-13-9-8-12(10-15-13)11-16-17(5,6)14(2,3)4/h7-10H,1,11H2,2-6H3. The van der Waals surface area contributed by atoms with E-state index in [2.05, 4.69) is 51.5 Å². The van der Waals surface area contributed by atoms with Gasteiger partial charge in [0.05, 0.1) is 12.3 Å². The van der Waals surface area contributed by atoms with Crippen molar-refractivity contribution in [2.24, 2.45) is 0 Å². The van der Waals surface area contributed by atoms with Gasteiger partial charge < -0.3 is 4.43 Å².